The number of hydrogen-bond donors (Lipinski definition) is 1. The van der Waals surface area contributed by atoms with E-state index in [1.807, 2.05) is 64.1 Å². The van der Waals surface area contributed by atoms with Gasteiger partial charge in [-0.1, -0.05) is 86.1 Å². The molecule has 4 heteroatoms. The minimum Gasteiger partial charge on any atom is -0.352 e. The first-order chi connectivity index (χ1) is 15.9. The number of carbonyl (C=O) groups is 2. The third-order valence-electron chi connectivity index (χ3n) is 6.31. The fraction of sp³-hybridized carbons (Fsp3) is 0.379. The lowest BCUT2D eigenvalue weighted by atomic mass is 10.00. The largest absolute Gasteiger partial charge is 0.352 e. The van der Waals surface area contributed by atoms with Gasteiger partial charge in [-0.05, 0) is 55.0 Å². The predicted octanol–water partition coefficient (Wildman–Crippen LogP) is 5.80. The van der Waals surface area contributed by atoms with Gasteiger partial charge in [-0.2, -0.15) is 0 Å². The Morgan fingerprint density at radius 2 is 1.67 bits per heavy atom. The van der Waals surface area contributed by atoms with Crippen LogP contribution in [-0.4, -0.2) is 28.8 Å². The fourth-order valence-corrected chi connectivity index (χ4v) is 4.26. The fourth-order valence-electron chi connectivity index (χ4n) is 4.26. The Balaban J connectivity index is 1.83. The SMILES string of the molecule is CC[C@@H](C)NC(=O)[C@@H](CC)N(Cc1cccc(C)c1)C(=O)CCc1cccc2ccccc12. The van der Waals surface area contributed by atoms with Crippen molar-refractivity contribution in [3.63, 3.8) is 0 Å². The summed E-state index contributed by atoms with van der Waals surface area (Å²) in [5, 5.41) is 5.44. The van der Waals surface area contributed by atoms with Gasteiger partial charge < -0.3 is 10.2 Å². The Labute approximate surface area is 198 Å². The number of fused-ring (bicyclic) bond motifs is 1. The Kier molecular flexibility index (Phi) is 8.65. The molecule has 0 aromatic heterocycles. The lowest BCUT2D eigenvalue weighted by molar-refractivity contribution is -0.141. The molecule has 0 aliphatic heterocycles. The van der Waals surface area contributed by atoms with Gasteiger partial charge in [0.1, 0.15) is 6.04 Å². The molecule has 0 aliphatic carbocycles. The van der Waals surface area contributed by atoms with Crippen LogP contribution >= 0.6 is 0 Å². The highest BCUT2D eigenvalue weighted by Gasteiger charge is 2.29. The number of nitrogens with one attached hydrogen (secondary N) is 1. The molecule has 1 N–H and O–H groups in total. The van der Waals surface area contributed by atoms with E-state index in [1.165, 1.54) is 10.8 Å². The van der Waals surface area contributed by atoms with Crippen LogP contribution in [0.1, 0.15) is 56.7 Å². The second-order valence-corrected chi connectivity index (χ2v) is 8.89. The van der Waals surface area contributed by atoms with E-state index in [0.29, 0.717) is 25.8 Å². The van der Waals surface area contributed by atoms with Gasteiger partial charge in [0.2, 0.25) is 11.8 Å². The number of rotatable bonds is 10. The van der Waals surface area contributed by atoms with Gasteiger partial charge in [-0.15, -0.1) is 0 Å². The molecular formula is C29H36N2O2. The maximum Gasteiger partial charge on any atom is 0.243 e. The van der Waals surface area contributed by atoms with Crippen molar-refractivity contribution in [2.24, 2.45) is 0 Å². The molecule has 174 valence electrons. The lowest BCUT2D eigenvalue weighted by Gasteiger charge is -2.31. The number of aryl methyl sites for hydroxylation is 2. The van der Waals surface area contributed by atoms with Gasteiger partial charge in [0.25, 0.3) is 0 Å². The molecule has 3 aromatic carbocycles. The van der Waals surface area contributed by atoms with Crippen LogP contribution in [0.5, 0.6) is 0 Å². The maximum absolute atomic E-state index is 13.5. The summed E-state index contributed by atoms with van der Waals surface area (Å²) in [6, 6.07) is 22.2. The molecule has 2 atom stereocenters. The number of carbonyl (C=O) groups excluding carboxylic acids is 2. The van der Waals surface area contributed by atoms with E-state index in [0.717, 1.165) is 23.1 Å². The molecule has 3 rings (SSSR count). The second kappa shape index (κ2) is 11.6. The van der Waals surface area contributed by atoms with Gasteiger partial charge >= 0.3 is 0 Å². The molecule has 0 unspecified atom stereocenters. The smallest absolute Gasteiger partial charge is 0.243 e. The van der Waals surface area contributed by atoms with Crippen LogP contribution in [0.3, 0.4) is 0 Å². The van der Waals surface area contributed by atoms with Crippen molar-refractivity contribution in [1.82, 2.24) is 10.2 Å². The van der Waals surface area contributed by atoms with Crippen molar-refractivity contribution in [1.29, 1.82) is 0 Å². The van der Waals surface area contributed by atoms with Crippen molar-refractivity contribution in [3.05, 3.63) is 83.4 Å². The first-order valence-electron chi connectivity index (χ1n) is 12.0. The summed E-state index contributed by atoms with van der Waals surface area (Å²) >= 11 is 0. The number of amides is 2. The van der Waals surface area contributed by atoms with E-state index >= 15 is 0 Å². The highest BCUT2D eigenvalue weighted by Crippen LogP contribution is 2.21. The molecule has 4 nitrogen and oxygen atoms in total. The molecule has 0 aliphatic rings. The van der Waals surface area contributed by atoms with Crippen molar-refractivity contribution in [3.8, 4) is 0 Å². The highest BCUT2D eigenvalue weighted by molar-refractivity contribution is 5.89. The van der Waals surface area contributed by atoms with E-state index in [2.05, 4.69) is 35.6 Å². The monoisotopic (exact) mass is 444 g/mol. The summed E-state index contributed by atoms with van der Waals surface area (Å²) < 4.78 is 0. The molecule has 0 radical (unpaired) electrons. The van der Waals surface area contributed by atoms with E-state index in [4.69, 9.17) is 0 Å². The Hall–Kier alpha value is -3.14. The molecule has 2 amide bonds. The quantitative estimate of drug-likeness (QED) is 0.429. The third kappa shape index (κ3) is 6.44. The molecule has 0 fully saturated rings. The maximum atomic E-state index is 13.5. The Morgan fingerprint density at radius 3 is 2.39 bits per heavy atom. The van der Waals surface area contributed by atoms with Crippen molar-refractivity contribution in [2.45, 2.75) is 72.0 Å². The van der Waals surface area contributed by atoms with Crippen LogP contribution in [0.25, 0.3) is 10.8 Å². The minimum absolute atomic E-state index is 0.00981. The van der Waals surface area contributed by atoms with Gasteiger partial charge in [0, 0.05) is 19.0 Å². The zero-order valence-electron chi connectivity index (χ0n) is 20.3. The number of nitrogens with zero attached hydrogens (tertiary/aromatic N) is 1. The summed E-state index contributed by atoms with van der Waals surface area (Å²) in [7, 11) is 0. The van der Waals surface area contributed by atoms with Crippen LogP contribution < -0.4 is 5.32 Å². The second-order valence-electron chi connectivity index (χ2n) is 8.89. The first-order valence-corrected chi connectivity index (χ1v) is 12.0. The summed E-state index contributed by atoms with van der Waals surface area (Å²) in [6.45, 7) is 8.50. The summed E-state index contributed by atoms with van der Waals surface area (Å²) in [5.74, 6) is -0.0615. The summed E-state index contributed by atoms with van der Waals surface area (Å²) in [6.07, 6.45) is 2.45. The average molecular weight is 445 g/mol. The van der Waals surface area contributed by atoms with Gasteiger partial charge in [0.05, 0.1) is 0 Å². The first kappa shape index (κ1) is 24.5. The van der Waals surface area contributed by atoms with Crippen LogP contribution in [0.2, 0.25) is 0 Å². The number of benzene rings is 3. The molecule has 0 saturated carbocycles. The average Bonchev–Trinajstić information content (AvgIpc) is 2.82. The van der Waals surface area contributed by atoms with Gasteiger partial charge in [-0.3, -0.25) is 9.59 Å². The molecule has 0 saturated heterocycles. The molecule has 33 heavy (non-hydrogen) atoms. The van der Waals surface area contributed by atoms with Crippen LogP contribution in [-0.2, 0) is 22.6 Å². The van der Waals surface area contributed by atoms with Gasteiger partial charge in [-0.25, -0.2) is 0 Å². The van der Waals surface area contributed by atoms with Crippen molar-refractivity contribution >= 4 is 22.6 Å². The van der Waals surface area contributed by atoms with E-state index in [9.17, 15) is 9.59 Å². The molecule has 0 bridgehead atoms. The van der Waals surface area contributed by atoms with E-state index in [-0.39, 0.29) is 17.9 Å². The Bertz CT molecular complexity index is 1090. The minimum atomic E-state index is -0.487. The normalized spacial score (nSPS) is 12.8. The molecule has 0 spiro atoms. The van der Waals surface area contributed by atoms with E-state index < -0.39 is 6.04 Å². The highest BCUT2D eigenvalue weighted by atomic mass is 16.2. The van der Waals surface area contributed by atoms with Crippen molar-refractivity contribution < 1.29 is 9.59 Å². The molecule has 3 aromatic rings. The lowest BCUT2D eigenvalue weighted by Crippen LogP contribution is -2.50. The summed E-state index contributed by atoms with van der Waals surface area (Å²) in [5.41, 5.74) is 3.35. The van der Waals surface area contributed by atoms with Gasteiger partial charge in [0.15, 0.2) is 0 Å². The van der Waals surface area contributed by atoms with Crippen LogP contribution in [0.4, 0.5) is 0 Å². The van der Waals surface area contributed by atoms with Crippen LogP contribution in [0.15, 0.2) is 66.7 Å². The predicted molar refractivity (Wildman–Crippen MR) is 136 cm³/mol. The zero-order chi connectivity index (χ0) is 23.8. The molecular weight excluding hydrogens is 408 g/mol. The standard InChI is InChI=1S/C29H36N2O2/c1-5-22(4)30-29(33)27(6-2)31(20-23-12-9-11-21(3)19-23)28(32)18-17-25-15-10-14-24-13-7-8-16-26(24)25/h7-16,19,22,27H,5-6,17-18,20H2,1-4H3,(H,30,33)/t22-,27-/m1/s1. The number of hydrogen-bond acceptors (Lipinski definition) is 2. The Morgan fingerprint density at radius 1 is 0.939 bits per heavy atom. The van der Waals surface area contributed by atoms with E-state index in [1.54, 1.807) is 4.90 Å². The van der Waals surface area contributed by atoms with Crippen LogP contribution in [0, 0.1) is 6.92 Å². The topological polar surface area (TPSA) is 49.4 Å². The summed E-state index contributed by atoms with van der Waals surface area (Å²) in [4.78, 5) is 28.4. The zero-order valence-corrected chi connectivity index (χ0v) is 20.3. The molecule has 0 heterocycles. The third-order valence-corrected chi connectivity index (χ3v) is 6.31. The van der Waals surface area contributed by atoms with Crippen molar-refractivity contribution in [2.75, 3.05) is 0 Å².